The summed E-state index contributed by atoms with van der Waals surface area (Å²) < 4.78 is 0. The molecule has 0 bridgehead atoms. The van der Waals surface area contributed by atoms with Crippen molar-refractivity contribution < 1.29 is 0 Å². The lowest BCUT2D eigenvalue weighted by Gasteiger charge is -2.51. The third-order valence-electron chi connectivity index (χ3n) is 4.71. The Morgan fingerprint density at radius 2 is 1.05 bits per heavy atom. The van der Waals surface area contributed by atoms with E-state index >= 15 is 0 Å². The number of rotatable bonds is 2. The van der Waals surface area contributed by atoms with Crippen LogP contribution >= 0.6 is 7.26 Å². The molecule has 0 spiro atoms. The molecule has 0 aliphatic heterocycles. The van der Waals surface area contributed by atoms with Crippen molar-refractivity contribution in [3.05, 3.63) is 61.3 Å². The zero-order valence-electron chi connectivity index (χ0n) is 14.9. The van der Waals surface area contributed by atoms with Crippen molar-refractivity contribution in [2.75, 3.05) is 0 Å². The highest BCUT2D eigenvalue weighted by molar-refractivity contribution is 7.86. The second-order valence-electron chi connectivity index (χ2n) is 8.06. The molecule has 0 saturated carbocycles. The maximum Gasteiger partial charge on any atom is 0.0656 e. The Kier molecular flexibility index (Phi) is 4.56. The summed E-state index contributed by atoms with van der Waals surface area (Å²) in [4.78, 5) is 0. The average molecular weight is 312 g/mol. The number of hydrogen-bond acceptors (Lipinski definition) is 0. The van der Waals surface area contributed by atoms with Gasteiger partial charge in [0.15, 0.2) is 0 Å². The van der Waals surface area contributed by atoms with E-state index in [9.17, 15) is 0 Å². The second-order valence-corrected chi connectivity index (χ2v) is 12.9. The van der Waals surface area contributed by atoms with Gasteiger partial charge in [0, 0.05) is 0 Å². The Hall–Kier alpha value is -1.13. The minimum atomic E-state index is -1.55. The first-order chi connectivity index (χ1) is 10.1. The van der Waals surface area contributed by atoms with Crippen LogP contribution in [0.15, 0.2) is 54.6 Å². The molecular weight excluding hydrogens is 283 g/mol. The Bertz CT molecular complexity index is 596. The summed E-state index contributed by atoms with van der Waals surface area (Å²) in [6, 6.07) is 19.7. The Morgan fingerprint density at radius 3 is 1.45 bits per heavy atom. The predicted molar refractivity (Wildman–Crippen MR) is 103 cm³/mol. The van der Waals surface area contributed by atoms with Gasteiger partial charge in [-0.2, -0.15) is 6.66 Å². The molecule has 0 heterocycles. The minimum absolute atomic E-state index is 0.194. The highest BCUT2D eigenvalue weighted by Gasteiger charge is 2.49. The number of hydrogen-bond donors (Lipinski definition) is 0. The summed E-state index contributed by atoms with van der Waals surface area (Å²) in [5, 5.41) is 1.81. The van der Waals surface area contributed by atoms with E-state index < -0.39 is 7.26 Å². The SMILES string of the molecule is [CH2-][P+](c1ccc(-c2ccccc2)cc1)(C(C)(C)C)C(C)(C)C. The largest absolute Gasteiger partial charge is 0.174 e. The van der Waals surface area contributed by atoms with Gasteiger partial charge in [-0.25, -0.2) is 0 Å². The van der Waals surface area contributed by atoms with Crippen molar-refractivity contribution in [3.63, 3.8) is 0 Å². The quantitative estimate of drug-likeness (QED) is 0.445. The molecule has 0 fully saturated rings. The van der Waals surface area contributed by atoms with Gasteiger partial charge in [0.25, 0.3) is 0 Å². The predicted octanol–water partition coefficient (Wildman–Crippen LogP) is 6.39. The molecule has 1 heteroatoms. The third-order valence-corrected chi connectivity index (χ3v) is 10.5. The molecular formula is C21H29P. The highest BCUT2D eigenvalue weighted by Crippen LogP contribution is 2.74. The molecule has 118 valence electrons. The first kappa shape index (κ1) is 17.2. The molecule has 0 aromatic heterocycles. The molecule has 0 radical (unpaired) electrons. The maximum absolute atomic E-state index is 4.80. The van der Waals surface area contributed by atoms with Crippen LogP contribution in [0.5, 0.6) is 0 Å². The molecule has 0 unspecified atom stereocenters. The van der Waals surface area contributed by atoms with Crippen molar-refractivity contribution in [1.29, 1.82) is 0 Å². The van der Waals surface area contributed by atoms with E-state index in [0.717, 1.165) is 0 Å². The van der Waals surface area contributed by atoms with Crippen LogP contribution in [0, 0.1) is 6.66 Å². The Morgan fingerprint density at radius 1 is 0.636 bits per heavy atom. The van der Waals surface area contributed by atoms with Gasteiger partial charge in [0.1, 0.15) is 0 Å². The first-order valence-electron chi connectivity index (χ1n) is 7.97. The maximum atomic E-state index is 4.80. The molecule has 0 amide bonds. The summed E-state index contributed by atoms with van der Waals surface area (Å²) >= 11 is 0. The highest BCUT2D eigenvalue weighted by atomic mass is 31.2. The molecule has 0 atom stereocenters. The van der Waals surface area contributed by atoms with E-state index in [-0.39, 0.29) is 10.3 Å². The fourth-order valence-electron chi connectivity index (χ4n) is 3.32. The second kappa shape index (κ2) is 5.82. The van der Waals surface area contributed by atoms with Crippen LogP contribution < -0.4 is 5.30 Å². The van der Waals surface area contributed by atoms with Gasteiger partial charge < -0.3 is 0 Å². The van der Waals surface area contributed by atoms with Gasteiger partial charge in [0.2, 0.25) is 0 Å². The van der Waals surface area contributed by atoms with E-state index in [4.69, 9.17) is 6.66 Å². The average Bonchev–Trinajstić information content (AvgIpc) is 2.45. The lowest BCUT2D eigenvalue weighted by molar-refractivity contribution is 0.702. The normalized spacial score (nSPS) is 13.2. The fourth-order valence-corrected chi connectivity index (χ4v) is 7.54. The standard InChI is InChI=1S/C21H29P/c1-20(2,3)22(7,21(4,5)6)19-15-13-18(14-16-19)17-11-9-8-10-12-17/h8-16H,7H2,1-6H3. The van der Waals surface area contributed by atoms with Gasteiger partial charge in [-0.05, 0) is 64.8 Å². The molecule has 0 saturated heterocycles. The van der Waals surface area contributed by atoms with Gasteiger partial charge in [0.05, 0.1) is 15.6 Å². The van der Waals surface area contributed by atoms with E-state index in [1.54, 1.807) is 0 Å². The topological polar surface area (TPSA) is 0 Å². The van der Waals surface area contributed by atoms with Crippen molar-refractivity contribution >= 4 is 12.6 Å². The summed E-state index contributed by atoms with van der Waals surface area (Å²) in [7, 11) is -1.55. The molecule has 0 nitrogen and oxygen atoms in total. The summed E-state index contributed by atoms with van der Waals surface area (Å²) in [5.41, 5.74) is 2.55. The van der Waals surface area contributed by atoms with Crippen molar-refractivity contribution in [3.8, 4) is 11.1 Å². The molecule has 2 aromatic rings. The summed E-state index contributed by atoms with van der Waals surface area (Å²) in [6.45, 7) is 18.8. The summed E-state index contributed by atoms with van der Waals surface area (Å²) in [6.07, 6.45) is 0. The van der Waals surface area contributed by atoms with Crippen LogP contribution in [0.2, 0.25) is 0 Å². The molecule has 2 aromatic carbocycles. The Balaban J connectivity index is 2.48. The van der Waals surface area contributed by atoms with Crippen LogP contribution in [0.3, 0.4) is 0 Å². The number of benzene rings is 2. The van der Waals surface area contributed by atoms with Gasteiger partial charge in [-0.15, -0.1) is 0 Å². The van der Waals surface area contributed by atoms with E-state index in [0.29, 0.717) is 0 Å². The van der Waals surface area contributed by atoms with E-state index in [1.807, 2.05) is 0 Å². The van der Waals surface area contributed by atoms with Crippen molar-refractivity contribution in [2.45, 2.75) is 51.9 Å². The molecule has 0 aliphatic rings. The van der Waals surface area contributed by atoms with Gasteiger partial charge in [-0.1, -0.05) is 49.7 Å². The van der Waals surface area contributed by atoms with Crippen LogP contribution in [-0.4, -0.2) is 10.3 Å². The zero-order valence-corrected chi connectivity index (χ0v) is 15.7. The van der Waals surface area contributed by atoms with Crippen LogP contribution in [0.25, 0.3) is 11.1 Å². The monoisotopic (exact) mass is 312 g/mol. The first-order valence-corrected chi connectivity index (χ1v) is 9.94. The van der Waals surface area contributed by atoms with Crippen LogP contribution in [-0.2, 0) is 0 Å². The van der Waals surface area contributed by atoms with Gasteiger partial charge >= 0.3 is 0 Å². The smallest absolute Gasteiger partial charge is 0.0656 e. The molecule has 2 rings (SSSR count). The lowest BCUT2D eigenvalue weighted by Crippen LogP contribution is -2.38. The molecule has 0 aliphatic carbocycles. The zero-order chi connectivity index (χ0) is 16.6. The minimum Gasteiger partial charge on any atom is -0.174 e. The van der Waals surface area contributed by atoms with Crippen LogP contribution in [0.4, 0.5) is 0 Å². The van der Waals surface area contributed by atoms with Crippen LogP contribution in [0.1, 0.15) is 41.5 Å². The Labute approximate surface area is 137 Å². The summed E-state index contributed by atoms with van der Waals surface area (Å²) in [5.74, 6) is 0. The lowest BCUT2D eigenvalue weighted by atomic mass is 10.1. The molecule has 0 N–H and O–H groups in total. The van der Waals surface area contributed by atoms with Crippen molar-refractivity contribution in [2.24, 2.45) is 0 Å². The van der Waals surface area contributed by atoms with Crippen molar-refractivity contribution in [1.82, 2.24) is 0 Å². The molecule has 22 heavy (non-hydrogen) atoms. The van der Waals surface area contributed by atoms with Gasteiger partial charge in [-0.3, -0.25) is 0 Å². The van der Waals surface area contributed by atoms with E-state index in [1.165, 1.54) is 16.4 Å². The fraction of sp³-hybridized carbons (Fsp3) is 0.381. The third kappa shape index (κ3) is 2.99. The van der Waals surface area contributed by atoms with E-state index in [2.05, 4.69) is 96.1 Å².